The number of carbonyl (C=O) groups excluding carboxylic acids is 1. The average Bonchev–Trinajstić information content (AvgIpc) is 3.35. The Balaban J connectivity index is 1.27. The summed E-state index contributed by atoms with van der Waals surface area (Å²) < 4.78 is 34.4. The van der Waals surface area contributed by atoms with Crippen molar-refractivity contribution in [3.8, 4) is 11.5 Å². The smallest absolute Gasteiger partial charge is 0.254 e. The largest absolute Gasteiger partial charge is 0.457 e. The monoisotopic (exact) mass is 511 g/mol. The molecular weight excluding hydrogens is 482 g/mol. The lowest BCUT2D eigenvalue weighted by Crippen LogP contribution is -2.49. The Morgan fingerprint density at radius 2 is 1.71 bits per heavy atom. The molecule has 184 valence electrons. The molecule has 2 aliphatic heterocycles. The zero-order valence-corrected chi connectivity index (χ0v) is 21.6. The van der Waals surface area contributed by atoms with Gasteiger partial charge in [0.15, 0.2) is 4.21 Å². The number of amides is 1. The molecule has 1 aromatic heterocycles. The topological polar surface area (TPSA) is 79.8 Å². The molecule has 3 aromatic rings. The van der Waals surface area contributed by atoms with Crippen molar-refractivity contribution in [3.05, 3.63) is 70.9 Å². The fourth-order valence-electron chi connectivity index (χ4n) is 5.09. The van der Waals surface area contributed by atoms with E-state index in [2.05, 4.69) is 4.98 Å². The maximum atomic E-state index is 13.5. The number of rotatable bonds is 6. The molecule has 9 heteroatoms. The van der Waals surface area contributed by atoms with E-state index < -0.39 is 15.4 Å². The number of likely N-dealkylation sites (tertiary alicyclic amines) is 1. The number of nitrogens with zero attached hydrogens (tertiary/aromatic N) is 3. The van der Waals surface area contributed by atoms with Crippen LogP contribution in [-0.2, 0) is 21.4 Å². The lowest BCUT2D eigenvalue weighted by atomic mass is 9.79. The van der Waals surface area contributed by atoms with E-state index in [4.69, 9.17) is 4.74 Å². The average molecular weight is 512 g/mol. The van der Waals surface area contributed by atoms with E-state index in [9.17, 15) is 13.2 Å². The lowest BCUT2D eigenvalue weighted by molar-refractivity contribution is -0.138. The van der Waals surface area contributed by atoms with Crippen LogP contribution in [0.2, 0.25) is 0 Å². The van der Waals surface area contributed by atoms with Crippen LogP contribution in [0.4, 0.5) is 0 Å². The van der Waals surface area contributed by atoms with E-state index in [-0.39, 0.29) is 12.5 Å². The van der Waals surface area contributed by atoms with Gasteiger partial charge in [-0.25, -0.2) is 13.4 Å². The Hall–Kier alpha value is -2.75. The zero-order valence-electron chi connectivity index (χ0n) is 19.9. The van der Waals surface area contributed by atoms with Gasteiger partial charge >= 0.3 is 0 Å². The number of hydrogen-bond acceptors (Lipinski definition) is 6. The molecule has 2 aromatic carbocycles. The lowest BCUT2D eigenvalue weighted by Gasteiger charge is -2.38. The quantitative estimate of drug-likeness (QED) is 0.477. The molecule has 2 aliphatic rings. The van der Waals surface area contributed by atoms with E-state index >= 15 is 0 Å². The molecule has 5 rings (SSSR count). The number of thiazole rings is 1. The van der Waals surface area contributed by atoms with Crippen LogP contribution in [0.5, 0.6) is 11.5 Å². The van der Waals surface area contributed by atoms with Crippen molar-refractivity contribution in [1.29, 1.82) is 0 Å². The van der Waals surface area contributed by atoms with Gasteiger partial charge in [0, 0.05) is 26.2 Å². The molecule has 1 spiro atoms. The predicted octanol–water partition coefficient (Wildman–Crippen LogP) is 4.76. The molecule has 1 amide bonds. The third-order valence-corrected chi connectivity index (χ3v) is 10.4. The predicted molar refractivity (Wildman–Crippen MR) is 135 cm³/mol. The van der Waals surface area contributed by atoms with E-state index in [1.807, 2.05) is 66.4 Å². The van der Waals surface area contributed by atoms with Gasteiger partial charge in [0.05, 0.1) is 16.1 Å². The summed E-state index contributed by atoms with van der Waals surface area (Å²) in [5, 5.41) is 0.733. The van der Waals surface area contributed by atoms with Gasteiger partial charge < -0.3 is 9.64 Å². The van der Waals surface area contributed by atoms with Crippen molar-refractivity contribution in [3.63, 3.8) is 0 Å². The summed E-state index contributed by atoms with van der Waals surface area (Å²) in [6.45, 7) is 5.36. The Labute approximate surface area is 210 Å². The van der Waals surface area contributed by atoms with Gasteiger partial charge in [0.1, 0.15) is 11.5 Å². The molecule has 2 fully saturated rings. The Bertz CT molecular complexity index is 1320. The van der Waals surface area contributed by atoms with E-state index in [1.54, 1.807) is 6.92 Å². The van der Waals surface area contributed by atoms with E-state index in [0.29, 0.717) is 42.4 Å². The molecule has 0 radical (unpaired) electrons. The Kier molecular flexibility index (Phi) is 6.41. The van der Waals surface area contributed by atoms with Crippen LogP contribution in [0.1, 0.15) is 35.5 Å². The fraction of sp³-hybridized carbons (Fsp3) is 0.385. The first-order valence-electron chi connectivity index (χ1n) is 11.8. The van der Waals surface area contributed by atoms with Crippen LogP contribution in [0.25, 0.3) is 0 Å². The van der Waals surface area contributed by atoms with Gasteiger partial charge in [0.2, 0.25) is 5.91 Å². The zero-order chi connectivity index (χ0) is 24.6. The number of aromatic nitrogens is 1. The van der Waals surface area contributed by atoms with Crippen molar-refractivity contribution >= 4 is 27.3 Å². The highest BCUT2D eigenvalue weighted by Gasteiger charge is 2.51. The number of benzene rings is 2. The molecule has 7 nitrogen and oxygen atoms in total. The summed E-state index contributed by atoms with van der Waals surface area (Å²) in [6.07, 6.45) is 2.08. The van der Waals surface area contributed by atoms with Gasteiger partial charge in [-0.15, -0.1) is 11.3 Å². The maximum Gasteiger partial charge on any atom is 0.254 e. The first kappa shape index (κ1) is 24.0. The summed E-state index contributed by atoms with van der Waals surface area (Å²) >= 11 is 1.20. The van der Waals surface area contributed by atoms with Gasteiger partial charge in [-0.1, -0.05) is 30.3 Å². The number of aryl methyl sites for hydroxylation is 2. The molecule has 1 unspecified atom stereocenters. The third kappa shape index (κ3) is 4.72. The molecule has 35 heavy (non-hydrogen) atoms. The third-order valence-electron chi connectivity index (χ3n) is 6.85. The van der Waals surface area contributed by atoms with Crippen LogP contribution in [-0.4, -0.2) is 48.1 Å². The summed E-state index contributed by atoms with van der Waals surface area (Å²) in [4.78, 5) is 19.7. The SMILES string of the molecule is Cc1nc(C)c(S(=O)(=O)N2CCCC3(CCN(Cc4ccc(Oc5ccccc5)cc4)C3=O)C2)s1. The van der Waals surface area contributed by atoms with Gasteiger partial charge in [-0.2, -0.15) is 4.31 Å². The van der Waals surface area contributed by atoms with Crippen molar-refractivity contribution in [2.45, 2.75) is 43.9 Å². The highest BCUT2D eigenvalue weighted by Crippen LogP contribution is 2.42. The first-order chi connectivity index (χ1) is 16.8. The second-order valence-electron chi connectivity index (χ2n) is 9.36. The summed E-state index contributed by atoms with van der Waals surface area (Å²) in [6, 6.07) is 17.4. The second kappa shape index (κ2) is 9.37. The number of carbonyl (C=O) groups is 1. The van der Waals surface area contributed by atoms with Crippen LogP contribution in [0, 0.1) is 19.3 Å². The van der Waals surface area contributed by atoms with Crippen LogP contribution in [0.15, 0.2) is 58.8 Å². The first-order valence-corrected chi connectivity index (χ1v) is 14.1. The fourth-order valence-corrected chi connectivity index (χ4v) is 8.28. The molecule has 1 atom stereocenters. The van der Waals surface area contributed by atoms with Crippen LogP contribution >= 0.6 is 11.3 Å². The highest BCUT2D eigenvalue weighted by molar-refractivity contribution is 7.91. The molecular formula is C26H29N3O4S2. The minimum absolute atomic E-state index is 0.0548. The van der Waals surface area contributed by atoms with Crippen molar-refractivity contribution < 1.29 is 17.9 Å². The normalized spacial score (nSPS) is 21.1. The number of piperidine rings is 1. The van der Waals surface area contributed by atoms with E-state index in [0.717, 1.165) is 28.5 Å². The van der Waals surface area contributed by atoms with Gasteiger partial charge in [-0.3, -0.25) is 4.79 Å². The Morgan fingerprint density at radius 3 is 2.40 bits per heavy atom. The summed E-state index contributed by atoms with van der Waals surface area (Å²) in [5.41, 5.74) is 0.910. The minimum atomic E-state index is -3.66. The minimum Gasteiger partial charge on any atom is -0.457 e. The number of sulfonamides is 1. The standard InChI is InChI=1S/C26H29N3O4S2/c1-19-24(34-20(2)27-19)35(31,32)29-15-6-13-26(18-29)14-16-28(25(26)30)17-21-9-11-23(12-10-21)33-22-7-4-3-5-8-22/h3-5,7-12H,6,13-18H2,1-2H3. The number of hydrogen-bond donors (Lipinski definition) is 0. The van der Waals surface area contributed by atoms with Crippen molar-refractivity contribution in [1.82, 2.24) is 14.2 Å². The molecule has 2 saturated heterocycles. The van der Waals surface area contributed by atoms with Crippen molar-refractivity contribution in [2.75, 3.05) is 19.6 Å². The molecule has 0 bridgehead atoms. The number of ether oxygens (including phenoxy) is 1. The highest BCUT2D eigenvalue weighted by atomic mass is 32.2. The second-order valence-corrected chi connectivity index (χ2v) is 12.7. The maximum absolute atomic E-state index is 13.5. The molecule has 3 heterocycles. The number of para-hydroxylation sites is 1. The van der Waals surface area contributed by atoms with Crippen LogP contribution in [0.3, 0.4) is 0 Å². The Morgan fingerprint density at radius 1 is 1.00 bits per heavy atom. The summed E-state index contributed by atoms with van der Waals surface area (Å²) in [7, 11) is -3.66. The van der Waals surface area contributed by atoms with Gasteiger partial charge in [0.25, 0.3) is 10.0 Å². The van der Waals surface area contributed by atoms with E-state index in [1.165, 1.54) is 15.6 Å². The summed E-state index contributed by atoms with van der Waals surface area (Å²) in [5.74, 6) is 1.57. The molecule has 0 aliphatic carbocycles. The molecule has 0 N–H and O–H groups in total. The molecule has 0 saturated carbocycles. The van der Waals surface area contributed by atoms with Crippen molar-refractivity contribution in [2.24, 2.45) is 5.41 Å². The van der Waals surface area contributed by atoms with Crippen LogP contribution < -0.4 is 4.74 Å². The van der Waals surface area contributed by atoms with Gasteiger partial charge in [-0.05, 0) is 62.9 Å².